The second-order valence-electron chi connectivity index (χ2n) is 8.93. The molecule has 0 aliphatic carbocycles. The Balaban J connectivity index is 4.00. The van der Waals surface area contributed by atoms with E-state index in [-0.39, 0.29) is 5.92 Å². The number of hydrogen-bond acceptors (Lipinski definition) is 1. The van der Waals surface area contributed by atoms with E-state index in [9.17, 15) is 9.90 Å². The quantitative estimate of drug-likeness (QED) is 0.214. The molecule has 0 aromatic rings. The average Bonchev–Trinajstić information content (AvgIpc) is 2.64. The first kappa shape index (κ1) is 26.5. The summed E-state index contributed by atoms with van der Waals surface area (Å²) in [6, 6.07) is 0. The van der Waals surface area contributed by atoms with Crippen molar-refractivity contribution in [3.05, 3.63) is 0 Å². The van der Waals surface area contributed by atoms with Crippen molar-refractivity contribution in [2.24, 2.45) is 17.8 Å². The van der Waals surface area contributed by atoms with Crippen molar-refractivity contribution in [2.45, 2.75) is 137 Å². The van der Waals surface area contributed by atoms with Gasteiger partial charge in [0.2, 0.25) is 0 Å². The first-order valence-corrected chi connectivity index (χ1v) is 12.3. The van der Waals surface area contributed by atoms with Crippen molar-refractivity contribution in [3.63, 3.8) is 0 Å². The molecule has 0 rings (SSSR count). The van der Waals surface area contributed by atoms with Gasteiger partial charge in [0.1, 0.15) is 0 Å². The molecule has 0 aromatic heterocycles. The number of rotatable bonds is 20. The van der Waals surface area contributed by atoms with Crippen LogP contribution in [-0.2, 0) is 4.79 Å². The van der Waals surface area contributed by atoms with Crippen molar-refractivity contribution in [1.82, 2.24) is 0 Å². The van der Waals surface area contributed by atoms with Crippen LogP contribution in [0.1, 0.15) is 137 Å². The van der Waals surface area contributed by atoms with Crippen LogP contribution in [0.2, 0.25) is 0 Å². The normalized spacial score (nSPS) is 14.8. The summed E-state index contributed by atoms with van der Waals surface area (Å²) in [5.41, 5.74) is 0. The third-order valence-corrected chi connectivity index (χ3v) is 6.27. The van der Waals surface area contributed by atoms with Gasteiger partial charge in [-0.15, -0.1) is 0 Å². The topological polar surface area (TPSA) is 37.3 Å². The predicted octanol–water partition coefficient (Wildman–Crippen LogP) is 8.63. The Morgan fingerprint density at radius 1 is 0.667 bits per heavy atom. The van der Waals surface area contributed by atoms with Gasteiger partial charge in [-0.2, -0.15) is 0 Å². The van der Waals surface area contributed by atoms with Crippen molar-refractivity contribution in [3.8, 4) is 0 Å². The maximum Gasteiger partial charge on any atom is 0.306 e. The fourth-order valence-electron chi connectivity index (χ4n) is 4.37. The highest BCUT2D eigenvalue weighted by Crippen LogP contribution is 2.30. The first-order chi connectivity index (χ1) is 13.1. The molecule has 0 saturated carbocycles. The zero-order chi connectivity index (χ0) is 20.3. The van der Waals surface area contributed by atoms with E-state index >= 15 is 0 Å². The molecule has 0 fully saturated rings. The zero-order valence-electron chi connectivity index (χ0n) is 19.1. The molecule has 2 nitrogen and oxygen atoms in total. The molecule has 0 radical (unpaired) electrons. The van der Waals surface area contributed by atoms with Gasteiger partial charge in [0, 0.05) is 0 Å². The molecule has 0 amide bonds. The average molecular weight is 383 g/mol. The summed E-state index contributed by atoms with van der Waals surface area (Å²) in [7, 11) is 0. The van der Waals surface area contributed by atoms with Crippen LogP contribution in [0.4, 0.5) is 0 Å². The molecule has 27 heavy (non-hydrogen) atoms. The van der Waals surface area contributed by atoms with Crippen LogP contribution in [0.25, 0.3) is 0 Å². The number of carboxylic acid groups (broad SMARTS) is 1. The summed E-state index contributed by atoms with van der Waals surface area (Å²) < 4.78 is 0. The molecule has 0 aliphatic rings. The SMILES string of the molecule is CCCCCCCCCCCCC(C)C(CC(CCC)CCCC)C(=O)O. The van der Waals surface area contributed by atoms with Crippen LogP contribution in [0.5, 0.6) is 0 Å². The Bertz CT molecular complexity index is 326. The van der Waals surface area contributed by atoms with Gasteiger partial charge < -0.3 is 5.11 Å². The monoisotopic (exact) mass is 382 g/mol. The minimum absolute atomic E-state index is 0.142. The summed E-state index contributed by atoms with van der Waals surface area (Å²) in [6.07, 6.45) is 21.5. The molecule has 0 heterocycles. The van der Waals surface area contributed by atoms with Crippen LogP contribution in [-0.4, -0.2) is 11.1 Å². The lowest BCUT2D eigenvalue weighted by atomic mass is 9.80. The fourth-order valence-corrected chi connectivity index (χ4v) is 4.37. The summed E-state index contributed by atoms with van der Waals surface area (Å²) in [6.45, 7) is 8.90. The van der Waals surface area contributed by atoms with Crippen LogP contribution in [0.15, 0.2) is 0 Å². The number of hydrogen-bond donors (Lipinski definition) is 1. The number of aliphatic carboxylic acids is 1. The number of carboxylic acids is 1. The lowest BCUT2D eigenvalue weighted by Gasteiger charge is -2.25. The highest BCUT2D eigenvalue weighted by atomic mass is 16.4. The van der Waals surface area contributed by atoms with Crippen LogP contribution < -0.4 is 0 Å². The molecule has 2 heteroatoms. The molecule has 3 atom stereocenters. The van der Waals surface area contributed by atoms with Gasteiger partial charge in [0.25, 0.3) is 0 Å². The van der Waals surface area contributed by atoms with E-state index in [1.54, 1.807) is 0 Å². The Kier molecular flexibility index (Phi) is 18.4. The smallest absolute Gasteiger partial charge is 0.306 e. The van der Waals surface area contributed by atoms with Gasteiger partial charge in [0.05, 0.1) is 5.92 Å². The van der Waals surface area contributed by atoms with Gasteiger partial charge in [-0.25, -0.2) is 0 Å². The van der Waals surface area contributed by atoms with Crippen molar-refractivity contribution < 1.29 is 9.90 Å². The van der Waals surface area contributed by atoms with Crippen molar-refractivity contribution in [2.75, 3.05) is 0 Å². The van der Waals surface area contributed by atoms with Gasteiger partial charge in [-0.3, -0.25) is 4.79 Å². The standard InChI is InChI=1S/C25H50O2/c1-5-8-10-11-12-13-14-15-16-17-19-22(4)24(25(26)27)21-23(18-7-3)20-9-6-2/h22-24H,5-21H2,1-4H3,(H,26,27). The zero-order valence-corrected chi connectivity index (χ0v) is 19.1. The van der Waals surface area contributed by atoms with Crippen LogP contribution >= 0.6 is 0 Å². The highest BCUT2D eigenvalue weighted by molar-refractivity contribution is 5.70. The van der Waals surface area contributed by atoms with E-state index in [0.717, 1.165) is 12.8 Å². The molecule has 0 saturated heterocycles. The van der Waals surface area contributed by atoms with Gasteiger partial charge in [-0.05, 0) is 24.7 Å². The molecule has 162 valence electrons. The maximum atomic E-state index is 11.8. The Morgan fingerprint density at radius 3 is 1.67 bits per heavy atom. The third kappa shape index (κ3) is 15.1. The number of unbranched alkanes of at least 4 members (excludes halogenated alkanes) is 10. The molecule has 0 aliphatic heterocycles. The minimum Gasteiger partial charge on any atom is -0.481 e. The molecule has 0 bridgehead atoms. The Hall–Kier alpha value is -0.530. The Morgan fingerprint density at radius 2 is 1.19 bits per heavy atom. The van der Waals surface area contributed by atoms with Crippen LogP contribution in [0.3, 0.4) is 0 Å². The third-order valence-electron chi connectivity index (χ3n) is 6.27. The van der Waals surface area contributed by atoms with Crippen molar-refractivity contribution in [1.29, 1.82) is 0 Å². The second kappa shape index (κ2) is 18.8. The van der Waals surface area contributed by atoms with E-state index in [4.69, 9.17) is 0 Å². The van der Waals surface area contributed by atoms with E-state index in [0.29, 0.717) is 11.8 Å². The molecule has 0 spiro atoms. The van der Waals surface area contributed by atoms with Crippen molar-refractivity contribution >= 4 is 5.97 Å². The lowest BCUT2D eigenvalue weighted by molar-refractivity contribution is -0.144. The fraction of sp³-hybridized carbons (Fsp3) is 0.960. The molecule has 1 N–H and O–H groups in total. The van der Waals surface area contributed by atoms with E-state index in [1.807, 2.05) is 0 Å². The Labute approximate surface area is 170 Å². The maximum absolute atomic E-state index is 11.8. The number of carbonyl (C=O) groups is 1. The van der Waals surface area contributed by atoms with E-state index in [2.05, 4.69) is 27.7 Å². The summed E-state index contributed by atoms with van der Waals surface area (Å²) in [4.78, 5) is 11.8. The van der Waals surface area contributed by atoms with Gasteiger partial charge >= 0.3 is 5.97 Å². The molecule has 0 aromatic carbocycles. The lowest BCUT2D eigenvalue weighted by Crippen LogP contribution is -2.25. The largest absolute Gasteiger partial charge is 0.481 e. The molecular weight excluding hydrogens is 332 g/mol. The summed E-state index contributed by atoms with van der Waals surface area (Å²) in [5.74, 6) is 0.216. The molecule has 3 unspecified atom stereocenters. The molecular formula is C25H50O2. The van der Waals surface area contributed by atoms with Gasteiger partial charge in [-0.1, -0.05) is 124 Å². The van der Waals surface area contributed by atoms with E-state index in [1.165, 1.54) is 96.3 Å². The summed E-state index contributed by atoms with van der Waals surface area (Å²) in [5, 5.41) is 9.75. The van der Waals surface area contributed by atoms with Crippen LogP contribution in [0, 0.1) is 17.8 Å². The minimum atomic E-state index is -0.563. The van der Waals surface area contributed by atoms with E-state index < -0.39 is 5.97 Å². The van der Waals surface area contributed by atoms with Gasteiger partial charge in [0.15, 0.2) is 0 Å². The highest BCUT2D eigenvalue weighted by Gasteiger charge is 2.27. The summed E-state index contributed by atoms with van der Waals surface area (Å²) >= 11 is 0. The predicted molar refractivity (Wildman–Crippen MR) is 119 cm³/mol. The second-order valence-corrected chi connectivity index (χ2v) is 8.93. The first-order valence-electron chi connectivity index (χ1n) is 12.3.